The molecule has 0 radical (unpaired) electrons. The molecule has 1 aromatic carbocycles. The van der Waals surface area contributed by atoms with Crippen molar-refractivity contribution < 1.29 is 4.79 Å². The van der Waals surface area contributed by atoms with E-state index in [0.29, 0.717) is 0 Å². The zero-order valence-electron chi connectivity index (χ0n) is 8.75. The number of benzene rings is 1. The van der Waals surface area contributed by atoms with Crippen molar-refractivity contribution in [1.82, 2.24) is 0 Å². The van der Waals surface area contributed by atoms with Gasteiger partial charge in [0, 0.05) is 10.5 Å². The molecule has 0 saturated carbocycles. The van der Waals surface area contributed by atoms with Crippen LogP contribution >= 0.6 is 11.8 Å². The standard InChI is InChI=1S/C12H16OS/c1-3-4-8-14-12-7-5-6-11(9-12)10(2)13/h5-7,9H,3-4,8H2,1-2H3. The van der Waals surface area contributed by atoms with Gasteiger partial charge in [0.05, 0.1) is 0 Å². The van der Waals surface area contributed by atoms with Gasteiger partial charge in [-0.15, -0.1) is 11.8 Å². The first-order chi connectivity index (χ1) is 6.74. The Kier molecular flexibility index (Phi) is 4.74. The second kappa shape index (κ2) is 5.86. The summed E-state index contributed by atoms with van der Waals surface area (Å²) in [6, 6.07) is 7.85. The minimum Gasteiger partial charge on any atom is -0.295 e. The highest BCUT2D eigenvalue weighted by Gasteiger charge is 2.00. The molecule has 0 amide bonds. The quantitative estimate of drug-likeness (QED) is 0.416. The lowest BCUT2D eigenvalue weighted by Crippen LogP contribution is -1.91. The summed E-state index contributed by atoms with van der Waals surface area (Å²) >= 11 is 1.82. The lowest BCUT2D eigenvalue weighted by atomic mass is 10.2. The molecule has 0 fully saturated rings. The summed E-state index contributed by atoms with van der Waals surface area (Å²) in [6.07, 6.45) is 2.45. The smallest absolute Gasteiger partial charge is 0.159 e. The van der Waals surface area contributed by atoms with Crippen LogP contribution < -0.4 is 0 Å². The molecule has 0 saturated heterocycles. The maximum Gasteiger partial charge on any atom is 0.159 e. The van der Waals surface area contributed by atoms with E-state index in [-0.39, 0.29) is 5.78 Å². The summed E-state index contributed by atoms with van der Waals surface area (Å²) in [5.74, 6) is 1.28. The van der Waals surface area contributed by atoms with Crippen LogP contribution in [0.1, 0.15) is 37.0 Å². The molecule has 2 heteroatoms. The van der Waals surface area contributed by atoms with Crippen LogP contribution in [0.3, 0.4) is 0 Å². The van der Waals surface area contributed by atoms with Crippen LogP contribution in [-0.4, -0.2) is 11.5 Å². The Labute approximate surface area is 89.9 Å². The molecule has 0 unspecified atom stereocenters. The van der Waals surface area contributed by atoms with Gasteiger partial charge in [-0.1, -0.05) is 25.5 Å². The van der Waals surface area contributed by atoms with E-state index >= 15 is 0 Å². The van der Waals surface area contributed by atoms with Crippen LogP contribution in [0, 0.1) is 0 Å². The molecule has 0 atom stereocenters. The maximum atomic E-state index is 11.1. The van der Waals surface area contributed by atoms with E-state index in [1.54, 1.807) is 6.92 Å². The van der Waals surface area contributed by atoms with Gasteiger partial charge in [-0.3, -0.25) is 4.79 Å². The van der Waals surface area contributed by atoms with Crippen molar-refractivity contribution >= 4 is 17.5 Å². The number of ketones is 1. The van der Waals surface area contributed by atoms with Gasteiger partial charge >= 0.3 is 0 Å². The molecule has 0 heterocycles. The highest BCUT2D eigenvalue weighted by molar-refractivity contribution is 7.99. The van der Waals surface area contributed by atoms with E-state index in [2.05, 4.69) is 13.0 Å². The Morgan fingerprint density at radius 1 is 1.43 bits per heavy atom. The number of rotatable bonds is 5. The SMILES string of the molecule is CCCCSc1cccc(C(C)=O)c1. The highest BCUT2D eigenvalue weighted by atomic mass is 32.2. The number of carbonyl (C=O) groups excluding carboxylic acids is 1. The van der Waals surface area contributed by atoms with E-state index in [4.69, 9.17) is 0 Å². The third-order valence-electron chi connectivity index (χ3n) is 2.01. The first-order valence-electron chi connectivity index (χ1n) is 4.98. The van der Waals surface area contributed by atoms with Crippen molar-refractivity contribution in [3.63, 3.8) is 0 Å². The number of Topliss-reactive ketones (excluding diaryl/α,β-unsaturated/α-hetero) is 1. The van der Waals surface area contributed by atoms with Crippen LogP contribution in [-0.2, 0) is 0 Å². The number of thioether (sulfide) groups is 1. The second-order valence-electron chi connectivity index (χ2n) is 3.29. The number of hydrogen-bond donors (Lipinski definition) is 0. The van der Waals surface area contributed by atoms with Gasteiger partial charge in [0.15, 0.2) is 5.78 Å². The molecular formula is C12H16OS. The molecule has 0 aromatic heterocycles. The average molecular weight is 208 g/mol. The predicted molar refractivity (Wildman–Crippen MR) is 62.1 cm³/mol. The zero-order valence-corrected chi connectivity index (χ0v) is 9.56. The predicted octanol–water partition coefficient (Wildman–Crippen LogP) is 3.78. The highest BCUT2D eigenvalue weighted by Crippen LogP contribution is 2.20. The molecule has 14 heavy (non-hydrogen) atoms. The molecule has 0 aliphatic rings. The summed E-state index contributed by atoms with van der Waals surface area (Å²) in [5.41, 5.74) is 0.812. The van der Waals surface area contributed by atoms with Crippen molar-refractivity contribution in [2.75, 3.05) is 5.75 Å². The minimum absolute atomic E-state index is 0.142. The summed E-state index contributed by atoms with van der Waals surface area (Å²) in [7, 11) is 0. The molecule has 76 valence electrons. The zero-order chi connectivity index (χ0) is 10.4. The average Bonchev–Trinajstić information content (AvgIpc) is 2.19. The molecule has 1 aromatic rings. The minimum atomic E-state index is 0.142. The van der Waals surface area contributed by atoms with Crippen molar-refractivity contribution in [2.24, 2.45) is 0 Å². The van der Waals surface area contributed by atoms with Crippen molar-refractivity contribution in [1.29, 1.82) is 0 Å². The fourth-order valence-electron chi connectivity index (χ4n) is 1.14. The Morgan fingerprint density at radius 2 is 2.21 bits per heavy atom. The van der Waals surface area contributed by atoms with Gasteiger partial charge in [0.1, 0.15) is 0 Å². The van der Waals surface area contributed by atoms with Gasteiger partial charge in [-0.25, -0.2) is 0 Å². The van der Waals surface area contributed by atoms with E-state index in [1.807, 2.05) is 30.0 Å². The summed E-state index contributed by atoms with van der Waals surface area (Å²) in [6.45, 7) is 3.79. The molecule has 1 nitrogen and oxygen atoms in total. The third kappa shape index (κ3) is 3.54. The fraction of sp³-hybridized carbons (Fsp3) is 0.417. The van der Waals surface area contributed by atoms with Gasteiger partial charge in [0.25, 0.3) is 0 Å². The molecular weight excluding hydrogens is 192 g/mol. The number of unbranched alkanes of at least 4 members (excludes halogenated alkanes) is 1. The Morgan fingerprint density at radius 3 is 2.86 bits per heavy atom. The normalized spacial score (nSPS) is 10.1. The lowest BCUT2D eigenvalue weighted by Gasteiger charge is -2.02. The number of hydrogen-bond acceptors (Lipinski definition) is 2. The van der Waals surface area contributed by atoms with Crippen LogP contribution in [0.5, 0.6) is 0 Å². The van der Waals surface area contributed by atoms with Gasteiger partial charge in [-0.05, 0) is 31.2 Å². The molecule has 0 aliphatic heterocycles. The van der Waals surface area contributed by atoms with Crippen molar-refractivity contribution in [2.45, 2.75) is 31.6 Å². The molecule has 0 bridgehead atoms. The number of carbonyl (C=O) groups is 1. The van der Waals surface area contributed by atoms with Gasteiger partial charge in [-0.2, -0.15) is 0 Å². The summed E-state index contributed by atoms with van der Waals surface area (Å²) in [5, 5.41) is 0. The summed E-state index contributed by atoms with van der Waals surface area (Å²) in [4.78, 5) is 12.3. The summed E-state index contributed by atoms with van der Waals surface area (Å²) < 4.78 is 0. The van der Waals surface area contributed by atoms with Crippen LogP contribution in [0.4, 0.5) is 0 Å². The Hall–Kier alpha value is -0.760. The molecule has 1 rings (SSSR count). The maximum absolute atomic E-state index is 11.1. The van der Waals surface area contributed by atoms with Crippen molar-refractivity contribution in [3.8, 4) is 0 Å². The first kappa shape index (κ1) is 11.3. The van der Waals surface area contributed by atoms with Crippen molar-refractivity contribution in [3.05, 3.63) is 29.8 Å². The van der Waals surface area contributed by atoms with Crippen LogP contribution in [0.2, 0.25) is 0 Å². The largest absolute Gasteiger partial charge is 0.295 e. The lowest BCUT2D eigenvalue weighted by molar-refractivity contribution is 0.101. The second-order valence-corrected chi connectivity index (χ2v) is 4.45. The van der Waals surface area contributed by atoms with E-state index in [9.17, 15) is 4.79 Å². The monoisotopic (exact) mass is 208 g/mol. The van der Waals surface area contributed by atoms with Crippen LogP contribution in [0.25, 0.3) is 0 Å². The van der Waals surface area contributed by atoms with E-state index < -0.39 is 0 Å². The van der Waals surface area contributed by atoms with Crippen LogP contribution in [0.15, 0.2) is 29.2 Å². The van der Waals surface area contributed by atoms with E-state index in [0.717, 1.165) is 11.3 Å². The third-order valence-corrected chi connectivity index (χ3v) is 3.09. The first-order valence-corrected chi connectivity index (χ1v) is 5.96. The van der Waals surface area contributed by atoms with Gasteiger partial charge < -0.3 is 0 Å². The van der Waals surface area contributed by atoms with Gasteiger partial charge in [0.2, 0.25) is 0 Å². The molecule has 0 aliphatic carbocycles. The fourth-order valence-corrected chi connectivity index (χ4v) is 2.19. The molecule has 0 N–H and O–H groups in total. The Balaban J connectivity index is 2.59. The Bertz CT molecular complexity index is 307. The van der Waals surface area contributed by atoms with E-state index in [1.165, 1.54) is 17.7 Å². The topological polar surface area (TPSA) is 17.1 Å². The molecule has 0 spiro atoms.